The van der Waals surface area contributed by atoms with Crippen molar-refractivity contribution in [3.63, 3.8) is 0 Å². The molecule has 0 aromatic heterocycles. The fourth-order valence-corrected chi connectivity index (χ4v) is 1.17. The lowest BCUT2D eigenvalue weighted by Gasteiger charge is -2.24. The summed E-state index contributed by atoms with van der Waals surface area (Å²) < 4.78 is 7.56. The van der Waals surface area contributed by atoms with E-state index in [0.29, 0.717) is 12.5 Å². The maximum atomic E-state index is 11.0. The number of hydrogen-bond acceptors (Lipinski definition) is 3. The van der Waals surface area contributed by atoms with Gasteiger partial charge in [-0.15, -0.1) is 20.9 Å². The highest BCUT2D eigenvalue weighted by atomic mass is 33.1. The molecule has 0 aliphatic carbocycles. The maximum Gasteiger partial charge on any atom is 0.416 e. The van der Waals surface area contributed by atoms with E-state index in [4.69, 9.17) is 4.74 Å². The Morgan fingerprint density at radius 1 is 1.58 bits per heavy atom. The van der Waals surface area contributed by atoms with E-state index in [1.54, 1.807) is 0 Å². The predicted octanol–water partition coefficient (Wildman–Crippen LogP) is 2.19. The Kier molecular flexibility index (Phi) is 4.85. The van der Waals surface area contributed by atoms with Crippen molar-refractivity contribution in [1.82, 2.24) is 4.72 Å². The molecule has 0 atom stereocenters. The van der Waals surface area contributed by atoms with E-state index in [2.05, 4.69) is 16.4 Å². The molecule has 0 fully saturated rings. The van der Waals surface area contributed by atoms with Gasteiger partial charge in [-0.05, 0) is 18.4 Å². The van der Waals surface area contributed by atoms with Crippen LogP contribution in [-0.2, 0) is 4.74 Å². The van der Waals surface area contributed by atoms with Gasteiger partial charge in [-0.1, -0.05) is 13.8 Å². The third-order valence-electron chi connectivity index (χ3n) is 0.881. The van der Waals surface area contributed by atoms with Crippen LogP contribution < -0.4 is 4.72 Å². The average molecular weight is 211 g/mol. The van der Waals surface area contributed by atoms with Crippen LogP contribution in [0.4, 0.5) is 4.79 Å². The first-order valence-corrected chi connectivity index (χ1v) is 7.21. The van der Waals surface area contributed by atoms with E-state index in [0.717, 1.165) is 0 Å². The van der Waals surface area contributed by atoms with Crippen LogP contribution in [0.5, 0.6) is 0 Å². The van der Waals surface area contributed by atoms with Gasteiger partial charge in [0.05, 0.1) is 6.61 Å². The zero-order valence-corrected chi connectivity index (χ0v) is 9.67. The van der Waals surface area contributed by atoms with Crippen LogP contribution in [0, 0.1) is 5.92 Å². The summed E-state index contributed by atoms with van der Waals surface area (Å²) in [4.78, 5) is 11.0. The van der Waals surface area contributed by atoms with Crippen molar-refractivity contribution in [2.24, 2.45) is 5.92 Å². The number of thiol groups is 1. The van der Waals surface area contributed by atoms with Gasteiger partial charge in [-0.3, -0.25) is 4.72 Å². The largest absolute Gasteiger partial charge is 0.449 e. The molecule has 0 aromatic rings. The highest BCUT2D eigenvalue weighted by Gasteiger charge is 2.10. The standard InChI is InChI=1S/C7H17NO2S2/c1-6(2)5-10-7(9)8-12(3,4)11/h6,11H,5H2,1-4H3,(H,8,9). The summed E-state index contributed by atoms with van der Waals surface area (Å²) in [6, 6.07) is 0. The van der Waals surface area contributed by atoms with Crippen molar-refractivity contribution >= 4 is 27.0 Å². The fourth-order valence-electron chi connectivity index (χ4n) is 0.476. The number of nitrogens with one attached hydrogen (secondary N) is 1. The normalized spacial score (nSPS) is 12.8. The minimum atomic E-state index is -1.30. The van der Waals surface area contributed by atoms with Crippen LogP contribution >= 0.6 is 20.9 Å². The van der Waals surface area contributed by atoms with E-state index in [9.17, 15) is 4.79 Å². The van der Waals surface area contributed by atoms with Gasteiger partial charge in [0.25, 0.3) is 0 Å². The smallest absolute Gasteiger partial charge is 0.416 e. The lowest BCUT2D eigenvalue weighted by Crippen LogP contribution is -2.25. The molecule has 0 aliphatic heterocycles. The van der Waals surface area contributed by atoms with Crippen molar-refractivity contribution in [2.45, 2.75) is 13.8 Å². The number of carbonyl (C=O) groups excluding carboxylic acids is 1. The summed E-state index contributed by atoms with van der Waals surface area (Å²) in [6.45, 7) is 4.44. The third kappa shape index (κ3) is 8.07. The number of hydrogen-bond donors (Lipinski definition) is 2. The molecule has 12 heavy (non-hydrogen) atoms. The van der Waals surface area contributed by atoms with Gasteiger partial charge >= 0.3 is 6.09 Å². The van der Waals surface area contributed by atoms with Crippen LogP contribution in [0.25, 0.3) is 0 Å². The maximum absolute atomic E-state index is 11.0. The first-order chi connectivity index (χ1) is 5.31. The summed E-state index contributed by atoms with van der Waals surface area (Å²) >= 11 is 4.21. The Morgan fingerprint density at radius 2 is 2.08 bits per heavy atom. The quantitative estimate of drug-likeness (QED) is 0.555. The van der Waals surface area contributed by atoms with Crippen molar-refractivity contribution < 1.29 is 9.53 Å². The predicted molar refractivity (Wildman–Crippen MR) is 57.7 cm³/mol. The molecule has 1 amide bonds. The minimum Gasteiger partial charge on any atom is -0.449 e. The van der Waals surface area contributed by atoms with Gasteiger partial charge in [0, 0.05) is 0 Å². The first kappa shape index (κ1) is 12.0. The highest BCUT2D eigenvalue weighted by Crippen LogP contribution is 2.39. The SMILES string of the molecule is CC(C)COC(=O)NS(C)(C)S. The van der Waals surface area contributed by atoms with Crippen molar-refractivity contribution in [3.8, 4) is 0 Å². The summed E-state index contributed by atoms with van der Waals surface area (Å²) in [5, 5.41) is 0. The van der Waals surface area contributed by atoms with Crippen LogP contribution in [-0.4, -0.2) is 25.2 Å². The van der Waals surface area contributed by atoms with Gasteiger partial charge in [-0.2, -0.15) is 0 Å². The van der Waals surface area contributed by atoms with Crippen LogP contribution in [0.1, 0.15) is 13.8 Å². The van der Waals surface area contributed by atoms with E-state index in [1.807, 2.05) is 26.4 Å². The summed E-state index contributed by atoms with van der Waals surface area (Å²) in [5.74, 6) is 0.369. The molecule has 0 heterocycles. The topological polar surface area (TPSA) is 38.3 Å². The molecule has 0 bridgehead atoms. The Labute approximate surface area is 80.5 Å². The van der Waals surface area contributed by atoms with E-state index in [1.165, 1.54) is 0 Å². The monoisotopic (exact) mass is 211 g/mol. The fraction of sp³-hybridized carbons (Fsp3) is 0.857. The van der Waals surface area contributed by atoms with Gasteiger partial charge < -0.3 is 4.74 Å². The van der Waals surface area contributed by atoms with Crippen molar-refractivity contribution in [3.05, 3.63) is 0 Å². The van der Waals surface area contributed by atoms with Crippen LogP contribution in [0.3, 0.4) is 0 Å². The molecule has 5 heteroatoms. The minimum absolute atomic E-state index is 0.369. The molecule has 0 aromatic carbocycles. The van der Waals surface area contributed by atoms with E-state index in [-0.39, 0.29) is 6.09 Å². The highest BCUT2D eigenvalue weighted by molar-refractivity contribution is 8.86. The molecule has 0 unspecified atom stereocenters. The third-order valence-corrected chi connectivity index (χ3v) is 1.82. The molecule has 1 N–H and O–H groups in total. The zero-order valence-electron chi connectivity index (χ0n) is 7.96. The Balaban J connectivity index is 3.61. The lowest BCUT2D eigenvalue weighted by molar-refractivity contribution is 0.139. The molecular formula is C7H17NO2S2. The number of rotatable bonds is 3. The Hall–Kier alpha value is -0.0300. The summed E-state index contributed by atoms with van der Waals surface area (Å²) in [5.41, 5.74) is 0. The van der Waals surface area contributed by atoms with Gasteiger partial charge in [0.15, 0.2) is 0 Å². The molecule has 3 nitrogen and oxygen atoms in total. The second-order valence-electron chi connectivity index (χ2n) is 3.37. The van der Waals surface area contributed by atoms with Crippen molar-refractivity contribution in [1.29, 1.82) is 0 Å². The molecule has 0 rings (SSSR count). The molecule has 0 spiro atoms. The van der Waals surface area contributed by atoms with Crippen LogP contribution in [0.15, 0.2) is 0 Å². The van der Waals surface area contributed by atoms with E-state index >= 15 is 0 Å². The number of ether oxygens (including phenoxy) is 1. The molecule has 0 aliphatic rings. The van der Waals surface area contributed by atoms with Gasteiger partial charge in [-0.25, -0.2) is 4.79 Å². The van der Waals surface area contributed by atoms with Crippen molar-refractivity contribution in [2.75, 3.05) is 19.1 Å². The Bertz CT molecular complexity index is 154. The zero-order chi connectivity index (χ0) is 9.78. The molecule has 0 radical (unpaired) electrons. The number of carbonyl (C=O) groups is 1. The molecule has 0 saturated carbocycles. The molecule has 74 valence electrons. The molecular weight excluding hydrogens is 194 g/mol. The summed E-state index contributed by atoms with van der Waals surface area (Å²) in [7, 11) is -1.30. The second-order valence-corrected chi connectivity index (χ2v) is 8.86. The average Bonchev–Trinajstić information content (AvgIpc) is 1.79. The van der Waals surface area contributed by atoms with E-state index < -0.39 is 9.25 Å². The van der Waals surface area contributed by atoms with Crippen LogP contribution in [0.2, 0.25) is 0 Å². The second kappa shape index (κ2) is 4.87. The van der Waals surface area contributed by atoms with Gasteiger partial charge in [0.1, 0.15) is 0 Å². The first-order valence-electron chi connectivity index (χ1n) is 3.71. The lowest BCUT2D eigenvalue weighted by atomic mass is 10.2. The Morgan fingerprint density at radius 3 is 2.42 bits per heavy atom. The molecule has 0 saturated heterocycles. The van der Waals surface area contributed by atoms with Gasteiger partial charge in [0.2, 0.25) is 0 Å². The summed E-state index contributed by atoms with van der Waals surface area (Å²) in [6.07, 6.45) is 3.36. The number of amides is 1.